The van der Waals surface area contributed by atoms with Crippen LogP contribution >= 0.6 is 0 Å². The van der Waals surface area contributed by atoms with Crippen molar-refractivity contribution < 1.29 is 14.4 Å². The minimum atomic E-state index is -1.03. The van der Waals surface area contributed by atoms with E-state index in [-0.39, 0.29) is 30.7 Å². The number of benzene rings is 3. The maximum Gasteiger partial charge on any atom is 0.261 e. The minimum Gasteiger partial charge on any atom is -0.361 e. The summed E-state index contributed by atoms with van der Waals surface area (Å²) in [5, 5.41) is 4.02. The van der Waals surface area contributed by atoms with Crippen LogP contribution < -0.4 is 5.32 Å². The van der Waals surface area contributed by atoms with E-state index >= 15 is 0 Å². The molecule has 0 bridgehead atoms. The predicted molar refractivity (Wildman–Crippen MR) is 121 cm³/mol. The van der Waals surface area contributed by atoms with E-state index in [4.69, 9.17) is 0 Å². The first-order chi connectivity index (χ1) is 15.6. The average molecular weight is 421 g/mol. The summed E-state index contributed by atoms with van der Waals surface area (Å²) in [6.07, 6.45) is 2.13. The summed E-state index contributed by atoms with van der Waals surface area (Å²) in [5.41, 5.74) is 3.10. The van der Waals surface area contributed by atoms with Gasteiger partial charge in [-0.25, -0.2) is 0 Å². The molecule has 6 rings (SSSR count). The monoisotopic (exact) mass is 421 g/mol. The number of carbonyl (C=O) groups is 3. The third-order valence-corrected chi connectivity index (χ3v) is 6.66. The van der Waals surface area contributed by atoms with Crippen molar-refractivity contribution >= 4 is 34.3 Å². The summed E-state index contributed by atoms with van der Waals surface area (Å²) in [5.74, 6) is -0.784. The molecule has 6 nitrogen and oxygen atoms in total. The van der Waals surface area contributed by atoms with Gasteiger partial charge in [-0.3, -0.25) is 19.3 Å². The van der Waals surface area contributed by atoms with Gasteiger partial charge in [0.05, 0.1) is 16.6 Å². The Morgan fingerprint density at radius 3 is 2.22 bits per heavy atom. The third-order valence-electron chi connectivity index (χ3n) is 6.66. The zero-order chi connectivity index (χ0) is 21.9. The number of amides is 3. The number of aromatic amines is 1. The molecule has 0 aliphatic carbocycles. The van der Waals surface area contributed by atoms with E-state index < -0.39 is 5.41 Å². The van der Waals surface area contributed by atoms with E-state index in [0.717, 1.165) is 27.7 Å². The van der Waals surface area contributed by atoms with Gasteiger partial charge in [-0.05, 0) is 47.2 Å². The number of imide groups is 1. The molecule has 4 aromatic rings. The summed E-state index contributed by atoms with van der Waals surface area (Å²) in [4.78, 5) is 44.0. The molecular formula is C26H19N3O3. The number of hydrogen-bond acceptors (Lipinski definition) is 3. The number of aromatic nitrogens is 1. The first-order valence-electron chi connectivity index (χ1n) is 10.5. The van der Waals surface area contributed by atoms with E-state index in [1.54, 1.807) is 24.3 Å². The first kappa shape index (κ1) is 18.6. The molecule has 3 aromatic carbocycles. The molecule has 156 valence electrons. The number of nitrogens with one attached hydrogen (secondary N) is 2. The van der Waals surface area contributed by atoms with Gasteiger partial charge in [0.15, 0.2) is 0 Å². The quantitative estimate of drug-likeness (QED) is 0.487. The number of carbonyl (C=O) groups excluding carboxylic acids is 3. The SMILES string of the molecule is O=C1c2ccccc2C(=O)N1CC[C@@]1(c2cccc3cc[nH]c23)C(=O)Nc2ccccc21. The highest BCUT2D eigenvalue weighted by Gasteiger charge is 2.50. The molecule has 0 fully saturated rings. The Morgan fingerprint density at radius 1 is 0.750 bits per heavy atom. The highest BCUT2D eigenvalue weighted by molar-refractivity contribution is 6.21. The van der Waals surface area contributed by atoms with Gasteiger partial charge >= 0.3 is 0 Å². The Kier molecular flexibility index (Phi) is 3.86. The molecule has 1 atom stereocenters. The van der Waals surface area contributed by atoms with Crippen LogP contribution in [0.15, 0.2) is 79.0 Å². The van der Waals surface area contributed by atoms with Gasteiger partial charge in [-0.2, -0.15) is 0 Å². The van der Waals surface area contributed by atoms with Crippen LogP contribution in [0.4, 0.5) is 5.69 Å². The van der Waals surface area contributed by atoms with Crippen LogP contribution in [0, 0.1) is 0 Å². The Labute approximate surface area is 183 Å². The molecule has 3 amide bonds. The van der Waals surface area contributed by atoms with Gasteiger partial charge in [0, 0.05) is 18.4 Å². The van der Waals surface area contributed by atoms with Gasteiger partial charge in [0.2, 0.25) is 5.91 Å². The molecule has 0 unspecified atom stereocenters. The second-order valence-corrected chi connectivity index (χ2v) is 8.21. The van der Waals surface area contributed by atoms with Crippen molar-refractivity contribution in [2.24, 2.45) is 0 Å². The highest BCUT2D eigenvalue weighted by atomic mass is 16.2. The number of H-pyrrole nitrogens is 1. The van der Waals surface area contributed by atoms with Crippen LogP contribution in [0.5, 0.6) is 0 Å². The molecule has 32 heavy (non-hydrogen) atoms. The van der Waals surface area contributed by atoms with Gasteiger partial charge in [-0.15, -0.1) is 0 Å². The molecule has 2 aliphatic rings. The Morgan fingerprint density at radius 2 is 1.44 bits per heavy atom. The molecule has 0 saturated heterocycles. The van der Waals surface area contributed by atoms with E-state index in [0.29, 0.717) is 11.1 Å². The van der Waals surface area contributed by atoms with Crippen LogP contribution in [0.2, 0.25) is 0 Å². The van der Waals surface area contributed by atoms with Crippen LogP contribution in [-0.4, -0.2) is 34.2 Å². The minimum absolute atomic E-state index is 0.130. The van der Waals surface area contributed by atoms with Crippen LogP contribution in [0.25, 0.3) is 10.9 Å². The van der Waals surface area contributed by atoms with E-state index in [2.05, 4.69) is 10.3 Å². The number of hydrogen-bond donors (Lipinski definition) is 2. The highest BCUT2D eigenvalue weighted by Crippen LogP contribution is 2.47. The van der Waals surface area contributed by atoms with Crippen molar-refractivity contribution in [2.45, 2.75) is 11.8 Å². The van der Waals surface area contributed by atoms with Gasteiger partial charge in [-0.1, -0.05) is 48.5 Å². The molecule has 6 heteroatoms. The van der Waals surface area contributed by atoms with Crippen molar-refractivity contribution in [1.82, 2.24) is 9.88 Å². The Bertz CT molecular complexity index is 1400. The summed E-state index contributed by atoms with van der Waals surface area (Å²) < 4.78 is 0. The van der Waals surface area contributed by atoms with Crippen molar-refractivity contribution in [2.75, 3.05) is 11.9 Å². The molecule has 0 saturated carbocycles. The fourth-order valence-corrected chi connectivity index (χ4v) is 5.13. The smallest absolute Gasteiger partial charge is 0.261 e. The van der Waals surface area contributed by atoms with Gasteiger partial charge < -0.3 is 10.3 Å². The third kappa shape index (κ3) is 2.37. The number of nitrogens with zero attached hydrogens (tertiary/aromatic N) is 1. The van der Waals surface area contributed by atoms with Crippen molar-refractivity contribution in [3.8, 4) is 0 Å². The standard InChI is InChI=1S/C26H19N3O3/c30-23-17-7-1-2-8-18(17)24(31)29(23)15-13-26(19-9-3-4-11-21(19)28-25(26)32)20-10-5-6-16-12-14-27-22(16)20/h1-12,14,27H,13,15H2,(H,28,32)/t26-/m1/s1. The topological polar surface area (TPSA) is 82.3 Å². The number of fused-ring (bicyclic) bond motifs is 3. The summed E-state index contributed by atoms with van der Waals surface area (Å²) in [6, 6.07) is 22.3. The van der Waals surface area contributed by atoms with E-state index in [9.17, 15) is 14.4 Å². The van der Waals surface area contributed by atoms with Crippen molar-refractivity contribution in [1.29, 1.82) is 0 Å². The van der Waals surface area contributed by atoms with Crippen LogP contribution in [-0.2, 0) is 10.2 Å². The molecule has 3 heterocycles. The molecule has 1 aromatic heterocycles. The fourth-order valence-electron chi connectivity index (χ4n) is 5.13. The average Bonchev–Trinajstić information content (AvgIpc) is 3.47. The first-order valence-corrected chi connectivity index (χ1v) is 10.5. The second-order valence-electron chi connectivity index (χ2n) is 8.21. The van der Waals surface area contributed by atoms with Crippen molar-refractivity contribution in [3.63, 3.8) is 0 Å². The lowest BCUT2D eigenvalue weighted by Crippen LogP contribution is -2.41. The molecule has 2 N–H and O–H groups in total. The number of anilines is 1. The van der Waals surface area contributed by atoms with Crippen LogP contribution in [0.1, 0.15) is 38.3 Å². The van der Waals surface area contributed by atoms with Crippen LogP contribution in [0.3, 0.4) is 0 Å². The normalized spacial score (nSPS) is 19.4. The molecule has 2 aliphatic heterocycles. The second kappa shape index (κ2) is 6.65. The molecular weight excluding hydrogens is 402 g/mol. The zero-order valence-electron chi connectivity index (χ0n) is 17.1. The largest absolute Gasteiger partial charge is 0.361 e. The Balaban J connectivity index is 1.47. The predicted octanol–water partition coefficient (Wildman–Crippen LogP) is 4.09. The zero-order valence-corrected chi connectivity index (χ0v) is 17.1. The lowest BCUT2D eigenvalue weighted by molar-refractivity contribution is -0.119. The number of para-hydroxylation sites is 2. The van der Waals surface area contributed by atoms with Gasteiger partial charge in [0.1, 0.15) is 5.41 Å². The maximum absolute atomic E-state index is 13.6. The van der Waals surface area contributed by atoms with E-state index in [1.165, 1.54) is 4.90 Å². The number of rotatable bonds is 4. The molecule has 0 spiro atoms. The van der Waals surface area contributed by atoms with Crippen molar-refractivity contribution in [3.05, 3.63) is 101 Å². The molecule has 0 radical (unpaired) electrons. The van der Waals surface area contributed by atoms with E-state index in [1.807, 2.05) is 54.7 Å². The maximum atomic E-state index is 13.6. The lowest BCUT2D eigenvalue weighted by Gasteiger charge is -2.30. The van der Waals surface area contributed by atoms with Gasteiger partial charge in [0.25, 0.3) is 11.8 Å². The Hall–Kier alpha value is -4.19. The lowest BCUT2D eigenvalue weighted by atomic mass is 9.72. The summed E-state index contributed by atoms with van der Waals surface area (Å²) in [6.45, 7) is 0.130. The fraction of sp³-hybridized carbons (Fsp3) is 0.115. The summed E-state index contributed by atoms with van der Waals surface area (Å²) >= 11 is 0. The summed E-state index contributed by atoms with van der Waals surface area (Å²) in [7, 11) is 0.